The van der Waals surface area contributed by atoms with Crippen LogP contribution in [0.3, 0.4) is 0 Å². The molecule has 0 heterocycles. The zero-order valence-electron chi connectivity index (χ0n) is 24.9. The van der Waals surface area contributed by atoms with E-state index >= 15 is 0 Å². The summed E-state index contributed by atoms with van der Waals surface area (Å²) in [5, 5.41) is 0. The van der Waals surface area contributed by atoms with Gasteiger partial charge in [0.05, 0.1) is 14.1 Å². The number of nitrogens with zero attached hydrogens (tertiary/aromatic N) is 1. The van der Waals surface area contributed by atoms with Gasteiger partial charge >= 0.3 is 5.97 Å². The van der Waals surface area contributed by atoms with E-state index in [-0.39, 0.29) is 12.0 Å². The number of esters is 1. The molecule has 2 rings (SSSR count). The number of unbranched alkanes of at least 4 members (excludes halogenated alkanes) is 8. The standard InChI is InChI=1S/C34H54NO3/c1-6-9-10-11-12-13-14-15-19-25-30-26-20-21-27-32(30)37-33(8-3)38-34(36)31(22-7-2)35(4,5)28-29-23-17-16-18-24-29/h16-18,20-21,23-24,26-27,31,33H,6-15,19,22,25,28H2,1-5H3/q+1. The molecule has 0 saturated heterocycles. The molecule has 0 aliphatic carbocycles. The number of hydrogen-bond donors (Lipinski definition) is 0. The highest BCUT2D eigenvalue weighted by Crippen LogP contribution is 2.25. The molecule has 2 unspecified atom stereocenters. The molecule has 0 bridgehead atoms. The van der Waals surface area contributed by atoms with Gasteiger partial charge in [0.2, 0.25) is 6.29 Å². The largest absolute Gasteiger partial charge is 0.455 e. The van der Waals surface area contributed by atoms with Crippen LogP contribution in [0.25, 0.3) is 0 Å². The number of rotatable bonds is 20. The van der Waals surface area contributed by atoms with Crippen molar-refractivity contribution >= 4 is 5.97 Å². The lowest BCUT2D eigenvalue weighted by molar-refractivity contribution is -0.920. The Hall–Kier alpha value is -2.33. The molecule has 38 heavy (non-hydrogen) atoms. The van der Waals surface area contributed by atoms with Gasteiger partial charge in [-0.1, -0.05) is 121 Å². The molecule has 0 radical (unpaired) electrons. The van der Waals surface area contributed by atoms with Crippen molar-refractivity contribution in [3.05, 3.63) is 65.7 Å². The van der Waals surface area contributed by atoms with Gasteiger partial charge in [0, 0.05) is 18.4 Å². The Bertz CT molecular complexity index is 896. The van der Waals surface area contributed by atoms with Crippen molar-refractivity contribution in [2.75, 3.05) is 14.1 Å². The summed E-state index contributed by atoms with van der Waals surface area (Å²) in [6, 6.07) is 18.4. The van der Waals surface area contributed by atoms with Gasteiger partial charge in [0.25, 0.3) is 0 Å². The summed E-state index contributed by atoms with van der Waals surface area (Å²) in [6.45, 7) is 7.18. The van der Waals surface area contributed by atoms with Gasteiger partial charge in [-0.15, -0.1) is 0 Å². The number of ether oxygens (including phenoxy) is 2. The Labute approximate surface area is 233 Å². The lowest BCUT2D eigenvalue weighted by Gasteiger charge is -2.37. The van der Waals surface area contributed by atoms with Crippen LogP contribution in [0.4, 0.5) is 0 Å². The molecule has 0 aromatic heterocycles. The molecular weight excluding hydrogens is 470 g/mol. The fourth-order valence-electron chi connectivity index (χ4n) is 5.18. The van der Waals surface area contributed by atoms with Gasteiger partial charge in [-0.25, -0.2) is 4.79 Å². The number of benzene rings is 2. The van der Waals surface area contributed by atoms with Gasteiger partial charge in [-0.2, -0.15) is 0 Å². The molecule has 0 aliphatic rings. The minimum absolute atomic E-state index is 0.170. The molecule has 4 nitrogen and oxygen atoms in total. The van der Waals surface area contributed by atoms with E-state index in [1.54, 1.807) is 0 Å². The summed E-state index contributed by atoms with van der Waals surface area (Å²) in [6.07, 6.45) is 14.6. The first kappa shape index (κ1) is 31.9. The molecule has 0 aliphatic heterocycles. The SMILES string of the molecule is CCCCCCCCCCCc1ccccc1OC(CC)OC(=O)C(CCC)[N+](C)(C)Cc1ccccc1. The summed E-state index contributed by atoms with van der Waals surface area (Å²) in [7, 11) is 4.24. The van der Waals surface area contributed by atoms with Crippen molar-refractivity contribution in [1.29, 1.82) is 0 Å². The Morgan fingerprint density at radius 3 is 2.00 bits per heavy atom. The maximum atomic E-state index is 13.5. The van der Waals surface area contributed by atoms with Crippen LogP contribution in [0.1, 0.15) is 109 Å². The van der Waals surface area contributed by atoms with Crippen molar-refractivity contribution in [3.8, 4) is 5.75 Å². The topological polar surface area (TPSA) is 35.5 Å². The minimum atomic E-state index is -0.581. The average molecular weight is 525 g/mol. The predicted molar refractivity (Wildman–Crippen MR) is 159 cm³/mol. The maximum absolute atomic E-state index is 13.5. The first-order valence-corrected chi connectivity index (χ1v) is 15.2. The molecule has 2 aromatic rings. The summed E-state index contributed by atoms with van der Waals surface area (Å²) < 4.78 is 12.9. The third kappa shape index (κ3) is 11.6. The number of aryl methyl sites for hydroxylation is 1. The zero-order chi connectivity index (χ0) is 27.6. The van der Waals surface area contributed by atoms with Crippen molar-refractivity contribution in [2.45, 2.75) is 123 Å². The van der Waals surface area contributed by atoms with Crippen molar-refractivity contribution in [1.82, 2.24) is 0 Å². The van der Waals surface area contributed by atoms with Gasteiger partial charge in [0.15, 0.2) is 6.04 Å². The number of likely N-dealkylation sites (N-methyl/N-ethyl adjacent to an activating group) is 1. The quantitative estimate of drug-likeness (QED) is 0.0751. The third-order valence-electron chi connectivity index (χ3n) is 7.47. The first-order chi connectivity index (χ1) is 18.4. The Balaban J connectivity index is 1.92. The first-order valence-electron chi connectivity index (χ1n) is 15.2. The number of carbonyl (C=O) groups is 1. The van der Waals surface area contributed by atoms with Gasteiger partial charge in [-0.05, 0) is 30.9 Å². The van der Waals surface area contributed by atoms with E-state index in [1.807, 2.05) is 25.1 Å². The fraction of sp³-hybridized carbons (Fsp3) is 0.618. The molecule has 0 amide bonds. The lowest BCUT2D eigenvalue weighted by Crippen LogP contribution is -2.53. The highest BCUT2D eigenvalue weighted by atomic mass is 16.7. The fourth-order valence-corrected chi connectivity index (χ4v) is 5.18. The number of para-hydroxylation sites is 1. The monoisotopic (exact) mass is 524 g/mol. The normalized spacial score (nSPS) is 13.2. The van der Waals surface area contributed by atoms with E-state index in [4.69, 9.17) is 9.47 Å². The number of carbonyl (C=O) groups excluding carboxylic acids is 1. The van der Waals surface area contributed by atoms with E-state index < -0.39 is 6.29 Å². The predicted octanol–water partition coefficient (Wildman–Crippen LogP) is 8.86. The summed E-state index contributed by atoms with van der Waals surface area (Å²) >= 11 is 0. The van der Waals surface area contributed by atoms with Crippen molar-refractivity contribution in [3.63, 3.8) is 0 Å². The second kappa shape index (κ2) is 18.0. The number of quaternary nitrogens is 1. The molecule has 2 aromatic carbocycles. The van der Waals surface area contributed by atoms with Crippen LogP contribution in [0.15, 0.2) is 54.6 Å². The van der Waals surface area contributed by atoms with Crippen LogP contribution >= 0.6 is 0 Å². The highest BCUT2D eigenvalue weighted by molar-refractivity contribution is 5.74. The van der Waals surface area contributed by atoms with Crippen LogP contribution in [-0.2, 0) is 22.5 Å². The van der Waals surface area contributed by atoms with E-state index in [2.05, 4.69) is 64.3 Å². The van der Waals surface area contributed by atoms with Crippen molar-refractivity contribution in [2.24, 2.45) is 0 Å². The van der Waals surface area contributed by atoms with Crippen molar-refractivity contribution < 1.29 is 18.8 Å². The Morgan fingerprint density at radius 1 is 0.763 bits per heavy atom. The highest BCUT2D eigenvalue weighted by Gasteiger charge is 2.37. The van der Waals surface area contributed by atoms with Crippen LogP contribution in [0.5, 0.6) is 5.75 Å². The molecule has 0 N–H and O–H groups in total. The van der Waals surface area contributed by atoms with E-state index in [0.29, 0.717) is 10.9 Å². The molecule has 4 heteroatoms. The van der Waals surface area contributed by atoms with E-state index in [0.717, 1.165) is 38.0 Å². The van der Waals surface area contributed by atoms with Gasteiger partial charge in [0.1, 0.15) is 12.3 Å². The summed E-state index contributed by atoms with van der Waals surface area (Å²) in [5.74, 6) is 0.674. The van der Waals surface area contributed by atoms with Gasteiger partial charge in [-0.3, -0.25) is 0 Å². The molecule has 212 valence electrons. The second-order valence-corrected chi connectivity index (χ2v) is 11.3. The minimum Gasteiger partial charge on any atom is -0.455 e. The Kier molecular flexibility index (Phi) is 15.1. The van der Waals surface area contributed by atoms with Crippen LogP contribution in [0.2, 0.25) is 0 Å². The second-order valence-electron chi connectivity index (χ2n) is 11.3. The Morgan fingerprint density at radius 2 is 1.37 bits per heavy atom. The van der Waals surface area contributed by atoms with Crippen LogP contribution in [-0.4, -0.2) is 36.9 Å². The molecule has 0 spiro atoms. The average Bonchev–Trinajstić information content (AvgIpc) is 2.91. The molecule has 0 fully saturated rings. The maximum Gasteiger partial charge on any atom is 0.368 e. The van der Waals surface area contributed by atoms with E-state index in [1.165, 1.54) is 62.5 Å². The van der Waals surface area contributed by atoms with Gasteiger partial charge < -0.3 is 14.0 Å². The number of hydrogen-bond acceptors (Lipinski definition) is 3. The zero-order valence-corrected chi connectivity index (χ0v) is 24.9. The summed E-state index contributed by atoms with van der Waals surface area (Å²) in [5.41, 5.74) is 2.43. The van der Waals surface area contributed by atoms with Crippen LogP contribution < -0.4 is 4.74 Å². The van der Waals surface area contributed by atoms with E-state index in [9.17, 15) is 4.79 Å². The van der Waals surface area contributed by atoms with Crippen LogP contribution in [0, 0.1) is 0 Å². The molecular formula is C34H54NO3+. The third-order valence-corrected chi connectivity index (χ3v) is 7.47. The molecule has 0 saturated carbocycles. The smallest absolute Gasteiger partial charge is 0.368 e. The lowest BCUT2D eigenvalue weighted by atomic mass is 10.0. The molecule has 2 atom stereocenters. The summed E-state index contributed by atoms with van der Waals surface area (Å²) in [4.78, 5) is 13.5.